The number of fused-ring (bicyclic) bond motifs is 2. The fourth-order valence-corrected chi connectivity index (χ4v) is 4.99. The number of aryl methyl sites for hydroxylation is 2. The fourth-order valence-electron chi connectivity index (χ4n) is 4.99. The molecule has 2 N–H and O–H groups in total. The topological polar surface area (TPSA) is 94.5 Å². The Kier molecular flexibility index (Phi) is 5.64. The van der Waals surface area contributed by atoms with Crippen molar-refractivity contribution < 1.29 is 19.1 Å². The number of carbonyl (C=O) groups excluding carboxylic acids is 2. The molecule has 3 heterocycles. The van der Waals surface area contributed by atoms with E-state index < -0.39 is 12.0 Å². The van der Waals surface area contributed by atoms with Crippen molar-refractivity contribution in [1.29, 1.82) is 0 Å². The predicted octanol–water partition coefficient (Wildman–Crippen LogP) is 4.14. The number of carbonyl (C=O) groups is 2. The molecule has 37 heavy (non-hydrogen) atoms. The molecule has 4 aromatic rings. The summed E-state index contributed by atoms with van der Waals surface area (Å²) in [6, 6.07) is 21.6. The molecule has 2 aliphatic heterocycles. The van der Waals surface area contributed by atoms with Crippen LogP contribution >= 0.6 is 0 Å². The van der Waals surface area contributed by atoms with Gasteiger partial charge in [-0.1, -0.05) is 42.0 Å². The molecule has 0 fully saturated rings. The molecule has 1 aromatic heterocycles. The number of amides is 2. The van der Waals surface area contributed by atoms with Crippen molar-refractivity contribution in [2.24, 2.45) is 0 Å². The number of nitrogens with zero attached hydrogens (tertiary/aromatic N) is 2. The van der Waals surface area contributed by atoms with E-state index in [9.17, 15) is 9.59 Å². The Morgan fingerprint density at radius 1 is 0.973 bits per heavy atom. The van der Waals surface area contributed by atoms with Crippen LogP contribution < -0.4 is 20.1 Å². The summed E-state index contributed by atoms with van der Waals surface area (Å²) < 4.78 is 13.3. The molecule has 0 saturated heterocycles. The first kappa shape index (κ1) is 22.8. The number of hydrogen-bond acceptors (Lipinski definition) is 5. The maximum atomic E-state index is 13.6. The highest BCUT2D eigenvalue weighted by atomic mass is 16.6. The zero-order valence-electron chi connectivity index (χ0n) is 20.5. The SMILES string of the molecule is Cc1ccc(-n2nc(C)c3c2NC(=O)[C@@H](NC(=O)c2ccccc2)[C@@H]3c2ccc3c(c2)OCCO3)cc1. The lowest BCUT2D eigenvalue weighted by atomic mass is 9.81. The molecule has 0 aliphatic carbocycles. The number of benzene rings is 3. The second-order valence-electron chi connectivity index (χ2n) is 9.28. The molecule has 0 radical (unpaired) electrons. The second-order valence-corrected chi connectivity index (χ2v) is 9.28. The van der Waals surface area contributed by atoms with E-state index in [-0.39, 0.29) is 11.8 Å². The molecular weight excluding hydrogens is 468 g/mol. The molecule has 186 valence electrons. The number of hydrogen-bond donors (Lipinski definition) is 2. The molecule has 8 heteroatoms. The van der Waals surface area contributed by atoms with Crippen LogP contribution in [-0.2, 0) is 4.79 Å². The Bertz CT molecular complexity index is 1490. The highest BCUT2D eigenvalue weighted by Crippen LogP contribution is 2.43. The second kappa shape index (κ2) is 9.13. The van der Waals surface area contributed by atoms with Crippen LogP contribution in [0.3, 0.4) is 0 Å². The Labute approximate surface area is 214 Å². The standard InChI is InChI=1S/C29H26N4O4/c1-17-8-11-21(12-9-17)33-27-24(18(2)32-33)25(20-10-13-22-23(16-20)37-15-14-36-22)26(29(35)31-27)30-28(34)19-6-4-3-5-7-19/h3-13,16,25-26H,14-15H2,1-2H3,(H,30,34)(H,31,35)/t25-,26+/m1/s1. The number of ether oxygens (including phenoxy) is 2. The van der Waals surface area contributed by atoms with Gasteiger partial charge >= 0.3 is 0 Å². The minimum atomic E-state index is -0.864. The maximum absolute atomic E-state index is 13.6. The molecular formula is C29H26N4O4. The van der Waals surface area contributed by atoms with E-state index in [0.717, 1.165) is 28.1 Å². The van der Waals surface area contributed by atoms with Crippen LogP contribution in [0.15, 0.2) is 72.8 Å². The lowest BCUT2D eigenvalue weighted by Gasteiger charge is -2.33. The minimum Gasteiger partial charge on any atom is -0.486 e. The van der Waals surface area contributed by atoms with Crippen LogP contribution in [0.2, 0.25) is 0 Å². The van der Waals surface area contributed by atoms with Crippen LogP contribution in [0.25, 0.3) is 5.69 Å². The minimum absolute atomic E-state index is 0.315. The van der Waals surface area contributed by atoms with Crippen molar-refractivity contribution in [3.05, 3.63) is 101 Å². The van der Waals surface area contributed by atoms with Gasteiger partial charge < -0.3 is 20.1 Å². The van der Waals surface area contributed by atoms with Gasteiger partial charge in [0, 0.05) is 17.0 Å². The molecule has 8 nitrogen and oxygen atoms in total. The van der Waals surface area contributed by atoms with Crippen LogP contribution in [0.1, 0.15) is 38.7 Å². The van der Waals surface area contributed by atoms with Crippen molar-refractivity contribution in [3.63, 3.8) is 0 Å². The molecule has 0 saturated carbocycles. The van der Waals surface area contributed by atoms with E-state index in [2.05, 4.69) is 10.6 Å². The van der Waals surface area contributed by atoms with Gasteiger partial charge in [-0.2, -0.15) is 5.10 Å². The average molecular weight is 495 g/mol. The first-order valence-corrected chi connectivity index (χ1v) is 12.2. The van der Waals surface area contributed by atoms with Gasteiger partial charge in [-0.15, -0.1) is 0 Å². The normalized spacial score (nSPS) is 18.1. The van der Waals surface area contributed by atoms with Gasteiger partial charge in [0.1, 0.15) is 25.1 Å². The number of aromatic nitrogens is 2. The van der Waals surface area contributed by atoms with Crippen LogP contribution in [0, 0.1) is 13.8 Å². The van der Waals surface area contributed by atoms with Crippen LogP contribution in [0.5, 0.6) is 11.5 Å². The summed E-state index contributed by atoms with van der Waals surface area (Å²) >= 11 is 0. The Morgan fingerprint density at radius 3 is 2.46 bits per heavy atom. The third-order valence-electron chi connectivity index (χ3n) is 6.80. The quantitative estimate of drug-likeness (QED) is 0.445. The van der Waals surface area contributed by atoms with E-state index in [1.165, 1.54) is 0 Å². The average Bonchev–Trinajstić information content (AvgIpc) is 3.25. The molecule has 0 bridgehead atoms. The summed E-state index contributed by atoms with van der Waals surface area (Å²) in [4.78, 5) is 26.8. The zero-order chi connectivity index (χ0) is 25.5. The van der Waals surface area contributed by atoms with Crippen LogP contribution in [0.4, 0.5) is 5.82 Å². The van der Waals surface area contributed by atoms with Gasteiger partial charge in [0.25, 0.3) is 5.91 Å². The van der Waals surface area contributed by atoms with Crippen molar-refractivity contribution in [3.8, 4) is 17.2 Å². The van der Waals surface area contributed by atoms with Gasteiger partial charge in [-0.3, -0.25) is 9.59 Å². The summed E-state index contributed by atoms with van der Waals surface area (Å²) in [5.41, 5.74) is 4.87. The smallest absolute Gasteiger partial charge is 0.251 e. The Balaban J connectivity index is 1.48. The first-order valence-electron chi connectivity index (χ1n) is 12.2. The van der Waals surface area contributed by atoms with Crippen LogP contribution in [-0.4, -0.2) is 40.9 Å². The van der Waals surface area contributed by atoms with Crippen molar-refractivity contribution in [2.45, 2.75) is 25.8 Å². The van der Waals surface area contributed by atoms with Gasteiger partial charge in [0.05, 0.1) is 11.4 Å². The van der Waals surface area contributed by atoms with Gasteiger partial charge in [0.2, 0.25) is 5.91 Å². The van der Waals surface area contributed by atoms with Crippen molar-refractivity contribution in [1.82, 2.24) is 15.1 Å². The lowest BCUT2D eigenvalue weighted by Crippen LogP contribution is -2.50. The van der Waals surface area contributed by atoms with E-state index in [4.69, 9.17) is 14.6 Å². The summed E-state index contributed by atoms with van der Waals surface area (Å²) in [5, 5.41) is 10.8. The zero-order valence-corrected chi connectivity index (χ0v) is 20.5. The highest BCUT2D eigenvalue weighted by molar-refractivity contribution is 6.04. The van der Waals surface area contributed by atoms with Crippen molar-refractivity contribution in [2.75, 3.05) is 18.5 Å². The molecule has 0 unspecified atom stereocenters. The summed E-state index contributed by atoms with van der Waals surface area (Å²) in [5.74, 6) is 0.739. The molecule has 2 amide bonds. The number of rotatable bonds is 4. The van der Waals surface area contributed by atoms with Gasteiger partial charge in [0.15, 0.2) is 11.5 Å². The third kappa shape index (κ3) is 4.10. The van der Waals surface area contributed by atoms with E-state index >= 15 is 0 Å². The van der Waals surface area contributed by atoms with E-state index in [1.807, 2.05) is 62.4 Å². The molecule has 2 atom stereocenters. The molecule has 3 aromatic carbocycles. The predicted molar refractivity (Wildman–Crippen MR) is 139 cm³/mol. The highest BCUT2D eigenvalue weighted by Gasteiger charge is 2.42. The molecule has 6 rings (SSSR count). The van der Waals surface area contributed by atoms with E-state index in [0.29, 0.717) is 36.1 Å². The van der Waals surface area contributed by atoms with Gasteiger partial charge in [-0.25, -0.2) is 4.68 Å². The Hall–Kier alpha value is -4.59. The molecule has 0 spiro atoms. The largest absolute Gasteiger partial charge is 0.486 e. The third-order valence-corrected chi connectivity index (χ3v) is 6.80. The van der Waals surface area contributed by atoms with Gasteiger partial charge in [-0.05, 0) is 55.8 Å². The summed E-state index contributed by atoms with van der Waals surface area (Å²) in [6.45, 7) is 4.88. The van der Waals surface area contributed by atoms with Crippen molar-refractivity contribution >= 4 is 17.6 Å². The Morgan fingerprint density at radius 2 is 1.70 bits per heavy atom. The number of anilines is 1. The molecule has 2 aliphatic rings. The van der Waals surface area contributed by atoms with E-state index in [1.54, 1.807) is 28.9 Å². The lowest BCUT2D eigenvalue weighted by molar-refractivity contribution is -0.118. The fraction of sp³-hybridized carbons (Fsp3) is 0.207. The maximum Gasteiger partial charge on any atom is 0.251 e. The first-order chi connectivity index (χ1) is 18.0. The number of nitrogens with one attached hydrogen (secondary N) is 2. The monoisotopic (exact) mass is 494 g/mol. The summed E-state index contributed by atoms with van der Waals surface area (Å²) in [7, 11) is 0. The summed E-state index contributed by atoms with van der Waals surface area (Å²) in [6.07, 6.45) is 0.